The number of nitrogens with zero attached hydrogens (tertiary/aromatic N) is 4. The van der Waals surface area contributed by atoms with E-state index in [1.807, 2.05) is 37.8 Å². The summed E-state index contributed by atoms with van der Waals surface area (Å²) >= 11 is 0. The third-order valence-corrected chi connectivity index (χ3v) is 11.8. The van der Waals surface area contributed by atoms with Gasteiger partial charge in [0.2, 0.25) is 5.91 Å². The highest BCUT2D eigenvalue weighted by Crippen LogP contribution is 2.36. The first-order valence-corrected chi connectivity index (χ1v) is 18.3. The highest BCUT2D eigenvalue weighted by atomic mass is 32.2. The Bertz CT molecular complexity index is 1890. The molecule has 6 rings (SSSR count). The predicted molar refractivity (Wildman–Crippen MR) is 183 cm³/mol. The number of rotatable bonds is 10. The number of carbonyl (C=O) groups is 1. The van der Waals surface area contributed by atoms with Crippen LogP contribution in [0.25, 0.3) is 11.0 Å². The molecule has 0 unspecified atom stereocenters. The predicted octanol–water partition coefficient (Wildman–Crippen LogP) is 5.05. The number of H-pyrrole nitrogens is 1. The van der Waals surface area contributed by atoms with Crippen LogP contribution in [0.1, 0.15) is 85.9 Å². The normalized spacial score (nSPS) is 16.3. The van der Waals surface area contributed by atoms with Gasteiger partial charge >= 0.3 is 0 Å². The molecule has 11 heteroatoms. The second-order valence-electron chi connectivity index (χ2n) is 13.6. The van der Waals surface area contributed by atoms with Crippen LogP contribution >= 0.6 is 0 Å². The van der Waals surface area contributed by atoms with E-state index < -0.39 is 15.1 Å². The molecular weight excluding hydrogens is 613 g/mol. The SMILES string of the molecule is Cc1cc(Cc2nc(Cc3ccccc3S(=O)(=O)C(C)C)c3c(C)n[nH]c3n2)c(OC(C)C)cc1C1CCN(C(=O)C2CNC2)CC1. The maximum atomic E-state index is 13.2. The molecule has 47 heavy (non-hydrogen) atoms. The van der Waals surface area contributed by atoms with Crippen LogP contribution in [0.4, 0.5) is 0 Å². The number of hydrogen-bond acceptors (Lipinski definition) is 8. The van der Waals surface area contributed by atoms with Crippen LogP contribution in [-0.4, -0.2) is 76.9 Å². The van der Waals surface area contributed by atoms with E-state index in [0.717, 1.165) is 67.1 Å². The van der Waals surface area contributed by atoms with Gasteiger partial charge in [0.15, 0.2) is 15.5 Å². The van der Waals surface area contributed by atoms with Gasteiger partial charge in [0.1, 0.15) is 11.6 Å². The second kappa shape index (κ2) is 13.4. The minimum atomic E-state index is -3.49. The summed E-state index contributed by atoms with van der Waals surface area (Å²) < 4.78 is 32.9. The fourth-order valence-corrected chi connectivity index (χ4v) is 8.07. The first-order valence-electron chi connectivity index (χ1n) is 16.7. The topological polar surface area (TPSA) is 130 Å². The number of amides is 1. The molecule has 0 saturated carbocycles. The van der Waals surface area contributed by atoms with Crippen LogP contribution < -0.4 is 10.1 Å². The van der Waals surface area contributed by atoms with Crippen molar-refractivity contribution in [2.45, 2.75) is 89.4 Å². The molecule has 0 atom stereocenters. The molecule has 1 amide bonds. The van der Waals surface area contributed by atoms with Gasteiger partial charge in [-0.3, -0.25) is 9.89 Å². The van der Waals surface area contributed by atoms with Gasteiger partial charge in [0, 0.05) is 44.6 Å². The lowest BCUT2D eigenvalue weighted by molar-refractivity contribution is -0.138. The molecule has 4 heterocycles. The van der Waals surface area contributed by atoms with E-state index in [1.165, 1.54) is 11.1 Å². The Morgan fingerprint density at radius 3 is 2.38 bits per heavy atom. The van der Waals surface area contributed by atoms with Crippen molar-refractivity contribution in [2.75, 3.05) is 26.2 Å². The lowest BCUT2D eigenvalue weighted by Gasteiger charge is -2.37. The summed E-state index contributed by atoms with van der Waals surface area (Å²) in [6.45, 7) is 14.7. The standard InChI is InChI=1S/C36H46N6O4S/c1-21(2)46-31-18-29(25-11-13-42(14-12-25)36(43)28-19-37-20-28)23(5)15-27(31)17-33-38-30(34-24(6)40-41-35(34)39-33)16-26-9-7-8-10-32(26)47(44,45)22(3)4/h7-10,15,18,21-22,25,28,37H,11-14,16-17,19-20H2,1-6H3,(H,38,39,40,41). The van der Waals surface area contributed by atoms with Gasteiger partial charge in [-0.2, -0.15) is 5.10 Å². The Kier molecular flexibility index (Phi) is 9.40. The number of hydrogen-bond donors (Lipinski definition) is 2. The van der Waals surface area contributed by atoms with E-state index in [-0.39, 0.29) is 17.9 Å². The zero-order valence-electron chi connectivity index (χ0n) is 28.3. The van der Waals surface area contributed by atoms with Crippen molar-refractivity contribution in [1.29, 1.82) is 0 Å². The van der Waals surface area contributed by atoms with Gasteiger partial charge in [-0.25, -0.2) is 18.4 Å². The molecule has 0 bridgehead atoms. The summed E-state index contributed by atoms with van der Waals surface area (Å²) in [7, 11) is -3.49. The third kappa shape index (κ3) is 6.78. The number of piperidine rings is 1. The number of aromatic nitrogens is 4. The van der Waals surface area contributed by atoms with Gasteiger partial charge in [-0.05, 0) is 89.1 Å². The molecule has 10 nitrogen and oxygen atoms in total. The van der Waals surface area contributed by atoms with Crippen LogP contribution in [0.5, 0.6) is 5.75 Å². The number of ether oxygens (including phenoxy) is 1. The van der Waals surface area contributed by atoms with Crippen molar-refractivity contribution in [2.24, 2.45) is 5.92 Å². The van der Waals surface area contributed by atoms with Crippen molar-refractivity contribution in [1.82, 2.24) is 30.4 Å². The molecular formula is C36H46N6O4S. The van der Waals surface area contributed by atoms with Crippen LogP contribution in [0.3, 0.4) is 0 Å². The number of carbonyl (C=O) groups excluding carboxylic acids is 1. The van der Waals surface area contributed by atoms with E-state index in [9.17, 15) is 13.2 Å². The monoisotopic (exact) mass is 658 g/mol. The minimum Gasteiger partial charge on any atom is -0.491 e. The second-order valence-corrected chi connectivity index (χ2v) is 16.1. The largest absolute Gasteiger partial charge is 0.491 e. The van der Waals surface area contributed by atoms with E-state index in [0.29, 0.717) is 40.7 Å². The number of aryl methyl sites for hydroxylation is 2. The van der Waals surface area contributed by atoms with Crippen molar-refractivity contribution in [3.05, 3.63) is 75.9 Å². The third-order valence-electron chi connectivity index (χ3n) is 9.52. The summed E-state index contributed by atoms with van der Waals surface area (Å²) in [5.41, 5.74) is 6.29. The number of aromatic amines is 1. The van der Waals surface area contributed by atoms with Crippen molar-refractivity contribution in [3.63, 3.8) is 0 Å². The molecule has 2 aliphatic heterocycles. The molecule has 2 aromatic carbocycles. The lowest BCUT2D eigenvalue weighted by atomic mass is 9.85. The van der Waals surface area contributed by atoms with E-state index in [4.69, 9.17) is 14.7 Å². The Hall–Kier alpha value is -3.83. The Morgan fingerprint density at radius 2 is 1.72 bits per heavy atom. The summed E-state index contributed by atoms with van der Waals surface area (Å²) in [5, 5.41) is 11.0. The zero-order chi connectivity index (χ0) is 33.5. The molecule has 2 aliphatic rings. The number of benzene rings is 2. The van der Waals surface area contributed by atoms with Crippen molar-refractivity contribution >= 4 is 26.8 Å². The number of sulfone groups is 1. The molecule has 0 spiro atoms. The lowest BCUT2D eigenvalue weighted by Crippen LogP contribution is -2.53. The first-order chi connectivity index (χ1) is 22.4. The summed E-state index contributed by atoms with van der Waals surface area (Å²) in [4.78, 5) is 25.1. The first kappa shape index (κ1) is 33.1. The van der Waals surface area contributed by atoms with Gasteiger partial charge in [0.05, 0.1) is 38.9 Å². The zero-order valence-corrected chi connectivity index (χ0v) is 29.1. The van der Waals surface area contributed by atoms with E-state index in [2.05, 4.69) is 34.6 Å². The fourth-order valence-electron chi connectivity index (χ4n) is 6.79. The average Bonchev–Trinajstić information content (AvgIpc) is 3.38. The van der Waals surface area contributed by atoms with E-state index >= 15 is 0 Å². The highest BCUT2D eigenvalue weighted by Gasteiger charge is 2.32. The van der Waals surface area contributed by atoms with Crippen LogP contribution in [-0.2, 0) is 27.5 Å². The minimum absolute atomic E-state index is 0.0199. The number of nitrogens with one attached hydrogen (secondary N) is 2. The maximum absolute atomic E-state index is 13.2. The Balaban J connectivity index is 1.31. The van der Waals surface area contributed by atoms with Crippen molar-refractivity contribution in [3.8, 4) is 5.75 Å². The van der Waals surface area contributed by atoms with Gasteiger partial charge in [-0.15, -0.1) is 0 Å². The van der Waals surface area contributed by atoms with Gasteiger partial charge < -0.3 is 15.0 Å². The Morgan fingerprint density at radius 1 is 1.00 bits per heavy atom. The van der Waals surface area contributed by atoms with Crippen LogP contribution in [0.2, 0.25) is 0 Å². The molecule has 0 aliphatic carbocycles. The molecule has 0 radical (unpaired) electrons. The summed E-state index contributed by atoms with van der Waals surface area (Å²) in [6.07, 6.45) is 2.62. The molecule has 2 aromatic heterocycles. The smallest absolute Gasteiger partial charge is 0.228 e. The molecule has 2 fully saturated rings. The molecule has 4 aromatic rings. The maximum Gasteiger partial charge on any atom is 0.228 e. The number of fused-ring (bicyclic) bond motifs is 1. The average molecular weight is 659 g/mol. The van der Waals surface area contributed by atoms with Gasteiger partial charge in [-0.1, -0.05) is 24.3 Å². The number of likely N-dealkylation sites (tertiary alicyclic amines) is 1. The summed E-state index contributed by atoms with van der Waals surface area (Å²) in [5.74, 6) is 2.20. The van der Waals surface area contributed by atoms with Crippen LogP contribution in [0, 0.1) is 19.8 Å². The molecule has 2 N–H and O–H groups in total. The van der Waals surface area contributed by atoms with Gasteiger partial charge in [0.25, 0.3) is 0 Å². The quantitative estimate of drug-likeness (QED) is 0.242. The summed E-state index contributed by atoms with van der Waals surface area (Å²) in [6, 6.07) is 11.6. The van der Waals surface area contributed by atoms with E-state index in [1.54, 1.807) is 26.0 Å². The highest BCUT2D eigenvalue weighted by molar-refractivity contribution is 7.92. The van der Waals surface area contributed by atoms with Crippen LogP contribution in [0.15, 0.2) is 41.3 Å². The van der Waals surface area contributed by atoms with Crippen molar-refractivity contribution < 1.29 is 17.9 Å². The fraction of sp³-hybridized carbons (Fsp3) is 0.500. The molecule has 2 saturated heterocycles. The Labute approximate surface area is 277 Å². The molecule has 250 valence electrons.